The predicted octanol–water partition coefficient (Wildman–Crippen LogP) is 2.75. The highest BCUT2D eigenvalue weighted by Crippen LogP contribution is 2.27. The van der Waals surface area contributed by atoms with Crippen molar-refractivity contribution in [2.75, 3.05) is 20.8 Å². The molecule has 2 aromatic carbocycles. The van der Waals surface area contributed by atoms with Gasteiger partial charge in [-0.3, -0.25) is 14.9 Å². The molecule has 0 radical (unpaired) electrons. The van der Waals surface area contributed by atoms with E-state index in [4.69, 9.17) is 14.2 Å². The van der Waals surface area contributed by atoms with E-state index < -0.39 is 10.8 Å². The average Bonchev–Trinajstić information content (AvgIpc) is 2.66. The lowest BCUT2D eigenvalue weighted by Crippen LogP contribution is -2.24. The Labute approximate surface area is 168 Å². The third-order valence-electron chi connectivity index (χ3n) is 3.30. The van der Waals surface area contributed by atoms with E-state index in [1.807, 2.05) is 0 Å². The third kappa shape index (κ3) is 5.81. The van der Waals surface area contributed by atoms with Gasteiger partial charge in [0.25, 0.3) is 5.91 Å². The second-order valence-electron chi connectivity index (χ2n) is 5.07. The van der Waals surface area contributed by atoms with Crippen LogP contribution in [0.3, 0.4) is 0 Å². The quantitative estimate of drug-likeness (QED) is 0.267. The fraction of sp³-hybridized carbons (Fsp3) is 0.176. The van der Waals surface area contributed by atoms with Crippen LogP contribution in [-0.2, 0) is 4.79 Å². The van der Waals surface area contributed by atoms with Crippen molar-refractivity contribution in [3.63, 3.8) is 0 Å². The summed E-state index contributed by atoms with van der Waals surface area (Å²) < 4.78 is 16.2. The lowest BCUT2D eigenvalue weighted by atomic mass is 10.2. The van der Waals surface area contributed by atoms with E-state index in [0.717, 1.165) is 3.57 Å². The largest absolute Gasteiger partial charge is 0.497 e. The van der Waals surface area contributed by atoms with E-state index in [-0.39, 0.29) is 18.0 Å². The normalized spacial score (nSPS) is 10.5. The number of carbonyl (C=O) groups excluding carboxylic acids is 1. The van der Waals surface area contributed by atoms with Crippen LogP contribution in [0, 0.1) is 13.7 Å². The molecule has 0 spiro atoms. The van der Waals surface area contributed by atoms with Crippen molar-refractivity contribution in [3.05, 3.63) is 55.6 Å². The van der Waals surface area contributed by atoms with Crippen LogP contribution in [0.4, 0.5) is 5.69 Å². The monoisotopic (exact) mass is 485 g/mol. The van der Waals surface area contributed by atoms with Crippen LogP contribution in [0.1, 0.15) is 5.56 Å². The SMILES string of the molecule is COc1ccc(OCC(=O)NN=Cc2ccc(OC)c([N+](=O)[O-])c2)c(I)c1. The summed E-state index contributed by atoms with van der Waals surface area (Å²) in [7, 11) is 2.91. The summed E-state index contributed by atoms with van der Waals surface area (Å²) in [6, 6.07) is 9.54. The molecule has 27 heavy (non-hydrogen) atoms. The van der Waals surface area contributed by atoms with Crippen molar-refractivity contribution in [1.29, 1.82) is 0 Å². The first kappa shape index (κ1) is 20.4. The average molecular weight is 485 g/mol. The van der Waals surface area contributed by atoms with Crippen molar-refractivity contribution in [2.45, 2.75) is 0 Å². The molecule has 1 N–H and O–H groups in total. The number of halogens is 1. The van der Waals surface area contributed by atoms with Crippen molar-refractivity contribution in [1.82, 2.24) is 5.43 Å². The zero-order chi connectivity index (χ0) is 19.8. The van der Waals surface area contributed by atoms with E-state index in [0.29, 0.717) is 17.1 Å². The summed E-state index contributed by atoms with van der Waals surface area (Å²) in [5.41, 5.74) is 2.55. The molecule has 0 unspecified atom stereocenters. The van der Waals surface area contributed by atoms with Crippen molar-refractivity contribution >= 4 is 40.4 Å². The summed E-state index contributed by atoms with van der Waals surface area (Å²) in [5, 5.41) is 14.8. The Bertz CT molecular complexity index is 872. The zero-order valence-corrected chi connectivity index (χ0v) is 16.6. The molecule has 0 aliphatic carbocycles. The summed E-state index contributed by atoms with van der Waals surface area (Å²) in [6.45, 7) is -0.234. The number of hydrogen-bond acceptors (Lipinski definition) is 7. The standard InChI is InChI=1S/C17H16IN3O6/c1-25-12-4-6-15(13(18)8-12)27-10-17(22)20-19-9-11-3-5-16(26-2)14(7-11)21(23)24/h3-9H,10H2,1-2H3,(H,20,22). The molecule has 1 amide bonds. The molecule has 10 heteroatoms. The van der Waals surface area contributed by atoms with Gasteiger partial charge < -0.3 is 14.2 Å². The molecular formula is C17H16IN3O6. The van der Waals surface area contributed by atoms with E-state index in [1.54, 1.807) is 31.4 Å². The minimum Gasteiger partial charge on any atom is -0.497 e. The summed E-state index contributed by atoms with van der Waals surface area (Å²) in [6.07, 6.45) is 1.29. The molecule has 9 nitrogen and oxygen atoms in total. The predicted molar refractivity (Wildman–Crippen MR) is 107 cm³/mol. The van der Waals surface area contributed by atoms with Gasteiger partial charge in [0, 0.05) is 11.6 Å². The zero-order valence-electron chi connectivity index (χ0n) is 14.5. The maximum Gasteiger partial charge on any atom is 0.311 e. The molecule has 0 atom stereocenters. The Morgan fingerprint density at radius 1 is 1.22 bits per heavy atom. The van der Waals surface area contributed by atoms with Crippen LogP contribution in [0.5, 0.6) is 17.2 Å². The van der Waals surface area contributed by atoms with Gasteiger partial charge in [0.15, 0.2) is 12.4 Å². The van der Waals surface area contributed by atoms with Gasteiger partial charge in [-0.25, -0.2) is 5.43 Å². The maximum atomic E-state index is 11.8. The van der Waals surface area contributed by atoms with E-state index in [2.05, 4.69) is 33.1 Å². The number of amides is 1. The summed E-state index contributed by atoms with van der Waals surface area (Å²) in [4.78, 5) is 22.2. The second kappa shape index (κ2) is 9.71. The van der Waals surface area contributed by atoms with E-state index >= 15 is 0 Å². The number of hydrogen-bond donors (Lipinski definition) is 1. The molecule has 2 rings (SSSR count). The third-order valence-corrected chi connectivity index (χ3v) is 4.14. The van der Waals surface area contributed by atoms with Gasteiger partial charge in [-0.1, -0.05) is 0 Å². The fourth-order valence-corrected chi connectivity index (χ4v) is 2.65. The molecule has 142 valence electrons. The highest BCUT2D eigenvalue weighted by atomic mass is 127. The van der Waals surface area contributed by atoms with Gasteiger partial charge in [-0.2, -0.15) is 5.10 Å². The number of rotatable bonds is 8. The topological polar surface area (TPSA) is 112 Å². The first-order valence-corrected chi connectivity index (χ1v) is 8.63. The number of nitrogens with zero attached hydrogens (tertiary/aromatic N) is 2. The molecule has 0 fully saturated rings. The van der Waals surface area contributed by atoms with E-state index in [1.165, 1.54) is 25.5 Å². The van der Waals surface area contributed by atoms with Crippen LogP contribution < -0.4 is 19.6 Å². The number of nitro groups is 1. The van der Waals surface area contributed by atoms with Gasteiger partial charge in [0.2, 0.25) is 0 Å². The molecular weight excluding hydrogens is 469 g/mol. The van der Waals surface area contributed by atoms with Gasteiger partial charge >= 0.3 is 5.69 Å². The maximum absolute atomic E-state index is 11.8. The number of carbonyl (C=O) groups is 1. The molecule has 2 aromatic rings. The second-order valence-corrected chi connectivity index (χ2v) is 6.23. The van der Waals surface area contributed by atoms with Gasteiger partial charge in [0.1, 0.15) is 11.5 Å². The first-order valence-electron chi connectivity index (χ1n) is 7.55. The number of hydrazone groups is 1. The van der Waals surface area contributed by atoms with Crippen LogP contribution >= 0.6 is 22.6 Å². The fourth-order valence-electron chi connectivity index (χ4n) is 2.01. The number of nitrogens with one attached hydrogen (secondary N) is 1. The Morgan fingerprint density at radius 3 is 2.59 bits per heavy atom. The lowest BCUT2D eigenvalue weighted by molar-refractivity contribution is -0.385. The Morgan fingerprint density at radius 2 is 1.96 bits per heavy atom. The Balaban J connectivity index is 1.92. The van der Waals surface area contributed by atoms with Crippen molar-refractivity contribution in [3.8, 4) is 17.2 Å². The van der Waals surface area contributed by atoms with Gasteiger partial charge in [-0.05, 0) is 52.9 Å². The highest BCUT2D eigenvalue weighted by molar-refractivity contribution is 14.1. The van der Waals surface area contributed by atoms with Crippen LogP contribution in [-0.4, -0.2) is 37.9 Å². The lowest BCUT2D eigenvalue weighted by Gasteiger charge is -2.08. The minimum atomic E-state index is -0.556. The summed E-state index contributed by atoms with van der Waals surface area (Å²) in [5.74, 6) is 0.903. The van der Waals surface area contributed by atoms with Gasteiger partial charge in [-0.15, -0.1) is 0 Å². The van der Waals surface area contributed by atoms with Crippen LogP contribution in [0.2, 0.25) is 0 Å². The summed E-state index contributed by atoms with van der Waals surface area (Å²) >= 11 is 2.07. The number of nitro benzene ring substituents is 1. The molecule has 0 aliphatic rings. The van der Waals surface area contributed by atoms with Crippen molar-refractivity contribution < 1.29 is 23.9 Å². The van der Waals surface area contributed by atoms with Crippen LogP contribution in [0.15, 0.2) is 41.5 Å². The first-order chi connectivity index (χ1) is 12.9. The molecule has 0 aromatic heterocycles. The number of methoxy groups -OCH3 is 2. The number of ether oxygens (including phenoxy) is 3. The Kier molecular flexibility index (Phi) is 7.34. The van der Waals surface area contributed by atoms with Crippen molar-refractivity contribution in [2.24, 2.45) is 5.10 Å². The Hall–Kier alpha value is -2.89. The van der Waals surface area contributed by atoms with Gasteiger partial charge in [0.05, 0.1) is 28.9 Å². The minimum absolute atomic E-state index is 0.142. The van der Waals surface area contributed by atoms with Crippen LogP contribution in [0.25, 0.3) is 0 Å². The van der Waals surface area contributed by atoms with E-state index in [9.17, 15) is 14.9 Å². The molecule has 0 aliphatic heterocycles. The molecule has 0 bridgehead atoms. The highest BCUT2D eigenvalue weighted by Gasteiger charge is 2.14. The number of benzene rings is 2. The molecule has 0 saturated heterocycles. The molecule has 0 heterocycles. The smallest absolute Gasteiger partial charge is 0.311 e. The molecule has 0 saturated carbocycles.